The minimum Gasteiger partial charge on any atom is -0.508 e. The van der Waals surface area contributed by atoms with Gasteiger partial charge in [0.1, 0.15) is 5.75 Å². The van der Waals surface area contributed by atoms with Crippen LogP contribution in [0.1, 0.15) is 31.7 Å². The van der Waals surface area contributed by atoms with Gasteiger partial charge in [-0.2, -0.15) is 5.26 Å². The van der Waals surface area contributed by atoms with E-state index in [-0.39, 0.29) is 5.92 Å². The Morgan fingerprint density at radius 3 is 2.47 bits per heavy atom. The van der Waals surface area contributed by atoms with Crippen molar-refractivity contribution in [2.75, 3.05) is 0 Å². The molecule has 0 aliphatic rings. The molecule has 2 nitrogen and oxygen atoms in total. The Kier molecular flexibility index (Phi) is 4.70. The number of aromatic hydroxyl groups is 1. The van der Waals surface area contributed by atoms with Gasteiger partial charge in [-0.05, 0) is 37.0 Å². The summed E-state index contributed by atoms with van der Waals surface area (Å²) in [4.78, 5) is 0. The Bertz CT molecular complexity index is 323. The highest BCUT2D eigenvalue weighted by Gasteiger charge is 2.05. The molecule has 0 saturated carbocycles. The summed E-state index contributed by atoms with van der Waals surface area (Å²) in [7, 11) is 0. The average Bonchev–Trinajstić information content (AvgIpc) is 2.26. The van der Waals surface area contributed by atoms with Gasteiger partial charge in [-0.3, -0.25) is 0 Å². The van der Waals surface area contributed by atoms with Crippen LogP contribution in [-0.2, 0) is 6.42 Å². The zero-order valence-corrected chi connectivity index (χ0v) is 9.11. The molecule has 2 heteroatoms. The van der Waals surface area contributed by atoms with E-state index < -0.39 is 0 Å². The summed E-state index contributed by atoms with van der Waals surface area (Å²) >= 11 is 0. The molecule has 0 spiro atoms. The zero-order valence-electron chi connectivity index (χ0n) is 9.11. The van der Waals surface area contributed by atoms with Gasteiger partial charge in [-0.1, -0.05) is 25.5 Å². The lowest BCUT2D eigenvalue weighted by Gasteiger charge is -2.07. The van der Waals surface area contributed by atoms with Gasteiger partial charge in [-0.15, -0.1) is 0 Å². The third kappa shape index (κ3) is 4.03. The highest BCUT2D eigenvalue weighted by atomic mass is 16.3. The lowest BCUT2D eigenvalue weighted by molar-refractivity contribution is 0.475. The van der Waals surface area contributed by atoms with E-state index in [0.717, 1.165) is 25.7 Å². The maximum absolute atomic E-state index is 9.11. The Morgan fingerprint density at radius 1 is 1.27 bits per heavy atom. The fourth-order valence-corrected chi connectivity index (χ4v) is 1.63. The number of hydrogen-bond acceptors (Lipinski definition) is 2. The maximum atomic E-state index is 9.11. The van der Waals surface area contributed by atoms with Gasteiger partial charge in [0.05, 0.1) is 6.07 Å². The number of phenolic OH excluding ortho intramolecular Hbond substituents is 1. The van der Waals surface area contributed by atoms with Crippen LogP contribution < -0.4 is 0 Å². The van der Waals surface area contributed by atoms with Crippen molar-refractivity contribution in [3.63, 3.8) is 0 Å². The standard InChI is InChI=1S/C13H17NO/c1-2-3-12(10-14)5-4-11-6-8-13(15)9-7-11/h6-9,12,15H,2-5H2,1H3. The van der Waals surface area contributed by atoms with Crippen molar-refractivity contribution < 1.29 is 5.11 Å². The molecule has 0 radical (unpaired) electrons. The molecule has 0 amide bonds. The van der Waals surface area contributed by atoms with Gasteiger partial charge < -0.3 is 5.11 Å². The summed E-state index contributed by atoms with van der Waals surface area (Å²) < 4.78 is 0. The molecule has 0 fully saturated rings. The van der Waals surface area contributed by atoms with Crippen molar-refractivity contribution in [2.45, 2.75) is 32.6 Å². The van der Waals surface area contributed by atoms with E-state index in [2.05, 4.69) is 13.0 Å². The smallest absolute Gasteiger partial charge is 0.115 e. The Hall–Kier alpha value is -1.49. The van der Waals surface area contributed by atoms with Gasteiger partial charge >= 0.3 is 0 Å². The molecule has 80 valence electrons. The third-order valence-corrected chi connectivity index (χ3v) is 2.54. The number of rotatable bonds is 5. The van der Waals surface area contributed by atoms with Crippen LogP contribution in [0.15, 0.2) is 24.3 Å². The van der Waals surface area contributed by atoms with Crippen LogP contribution >= 0.6 is 0 Å². The summed E-state index contributed by atoms with van der Waals surface area (Å²) in [6.45, 7) is 2.10. The first-order valence-corrected chi connectivity index (χ1v) is 5.43. The minimum atomic E-state index is 0.170. The highest BCUT2D eigenvalue weighted by Crippen LogP contribution is 2.16. The van der Waals surface area contributed by atoms with Crippen molar-refractivity contribution in [1.82, 2.24) is 0 Å². The summed E-state index contributed by atoms with van der Waals surface area (Å²) in [6, 6.07) is 9.54. The van der Waals surface area contributed by atoms with Crippen molar-refractivity contribution in [2.24, 2.45) is 5.92 Å². The predicted molar refractivity (Wildman–Crippen MR) is 60.4 cm³/mol. The maximum Gasteiger partial charge on any atom is 0.115 e. The minimum absolute atomic E-state index is 0.170. The molecule has 0 aliphatic heterocycles. The molecule has 15 heavy (non-hydrogen) atoms. The van der Waals surface area contributed by atoms with Gasteiger partial charge in [-0.25, -0.2) is 0 Å². The predicted octanol–water partition coefficient (Wildman–Crippen LogP) is 3.26. The summed E-state index contributed by atoms with van der Waals surface area (Å²) in [6.07, 6.45) is 3.87. The molecule has 1 unspecified atom stereocenters. The van der Waals surface area contributed by atoms with Crippen LogP contribution in [0.5, 0.6) is 5.75 Å². The topological polar surface area (TPSA) is 44.0 Å². The molecule has 0 heterocycles. The number of phenols is 1. The normalized spacial score (nSPS) is 12.0. The second kappa shape index (κ2) is 6.08. The molecule has 0 bridgehead atoms. The Balaban J connectivity index is 2.42. The van der Waals surface area contributed by atoms with E-state index in [1.165, 1.54) is 5.56 Å². The number of nitriles is 1. The molecule has 1 atom stereocenters. The van der Waals surface area contributed by atoms with Crippen molar-refractivity contribution in [1.29, 1.82) is 5.26 Å². The van der Waals surface area contributed by atoms with Gasteiger partial charge in [0, 0.05) is 5.92 Å². The average molecular weight is 203 g/mol. The van der Waals surface area contributed by atoms with Crippen LogP contribution in [0.2, 0.25) is 0 Å². The number of nitrogens with zero attached hydrogens (tertiary/aromatic N) is 1. The first-order chi connectivity index (χ1) is 7.26. The second-order valence-corrected chi connectivity index (χ2v) is 3.82. The third-order valence-electron chi connectivity index (χ3n) is 2.54. The van der Waals surface area contributed by atoms with Gasteiger partial charge in [0.25, 0.3) is 0 Å². The summed E-state index contributed by atoms with van der Waals surface area (Å²) in [5.41, 5.74) is 1.18. The number of benzene rings is 1. The lowest BCUT2D eigenvalue weighted by Crippen LogP contribution is -1.98. The molecule has 0 aliphatic carbocycles. The van der Waals surface area contributed by atoms with Crippen LogP contribution in [-0.4, -0.2) is 5.11 Å². The second-order valence-electron chi connectivity index (χ2n) is 3.82. The molecule has 0 aromatic heterocycles. The van der Waals surface area contributed by atoms with Crippen LogP contribution in [0.3, 0.4) is 0 Å². The monoisotopic (exact) mass is 203 g/mol. The van der Waals surface area contributed by atoms with Gasteiger partial charge in [0.2, 0.25) is 0 Å². The van der Waals surface area contributed by atoms with Crippen molar-refractivity contribution >= 4 is 0 Å². The summed E-state index contributed by atoms with van der Waals surface area (Å²) in [5.74, 6) is 0.466. The Labute approximate surface area is 91.2 Å². The van der Waals surface area contributed by atoms with Crippen LogP contribution in [0, 0.1) is 17.2 Å². The summed E-state index contributed by atoms with van der Waals surface area (Å²) in [5, 5.41) is 18.0. The van der Waals surface area contributed by atoms with E-state index in [1.54, 1.807) is 12.1 Å². The molecular formula is C13H17NO. The van der Waals surface area contributed by atoms with E-state index in [1.807, 2.05) is 12.1 Å². The van der Waals surface area contributed by atoms with E-state index in [4.69, 9.17) is 10.4 Å². The largest absolute Gasteiger partial charge is 0.508 e. The highest BCUT2D eigenvalue weighted by molar-refractivity contribution is 5.25. The van der Waals surface area contributed by atoms with E-state index in [9.17, 15) is 0 Å². The lowest BCUT2D eigenvalue weighted by atomic mass is 9.97. The van der Waals surface area contributed by atoms with Crippen LogP contribution in [0.4, 0.5) is 0 Å². The molecule has 1 aromatic rings. The van der Waals surface area contributed by atoms with Gasteiger partial charge in [0.15, 0.2) is 0 Å². The fraction of sp³-hybridized carbons (Fsp3) is 0.462. The van der Waals surface area contributed by atoms with E-state index >= 15 is 0 Å². The molecule has 1 N–H and O–H groups in total. The molecule has 0 saturated heterocycles. The molecular weight excluding hydrogens is 186 g/mol. The van der Waals surface area contributed by atoms with Crippen molar-refractivity contribution in [3.05, 3.63) is 29.8 Å². The quantitative estimate of drug-likeness (QED) is 0.798. The fourth-order valence-electron chi connectivity index (χ4n) is 1.63. The molecule has 1 rings (SSSR count). The Morgan fingerprint density at radius 2 is 1.93 bits per heavy atom. The van der Waals surface area contributed by atoms with E-state index in [0.29, 0.717) is 5.75 Å². The zero-order chi connectivity index (χ0) is 11.1. The van der Waals surface area contributed by atoms with Crippen molar-refractivity contribution in [3.8, 4) is 11.8 Å². The SMILES string of the molecule is CCCC(C#N)CCc1ccc(O)cc1. The first-order valence-electron chi connectivity index (χ1n) is 5.43. The van der Waals surface area contributed by atoms with Crippen LogP contribution in [0.25, 0.3) is 0 Å². The number of aryl methyl sites for hydroxylation is 1. The number of hydrogen-bond donors (Lipinski definition) is 1. The molecule has 1 aromatic carbocycles. The first kappa shape index (κ1) is 11.6.